The summed E-state index contributed by atoms with van der Waals surface area (Å²) in [5.74, 6) is 1.93. The van der Waals surface area contributed by atoms with E-state index in [0.29, 0.717) is 22.9 Å². The molecule has 5 nitrogen and oxygen atoms in total. The molecule has 2 rings (SSSR count). The second-order valence-corrected chi connectivity index (χ2v) is 4.03. The molecule has 0 fully saturated rings. The molecular weight excluding hydrogens is 232 g/mol. The van der Waals surface area contributed by atoms with Gasteiger partial charge in [-0.25, -0.2) is 0 Å². The van der Waals surface area contributed by atoms with Gasteiger partial charge in [0.1, 0.15) is 22.9 Å². The number of methoxy groups -OCH3 is 2. The molecule has 0 amide bonds. The van der Waals surface area contributed by atoms with Gasteiger partial charge in [0.05, 0.1) is 19.8 Å². The van der Waals surface area contributed by atoms with Gasteiger partial charge in [0.15, 0.2) is 5.76 Å². The fourth-order valence-corrected chi connectivity index (χ4v) is 1.80. The largest absolute Gasteiger partial charge is 0.496 e. The number of nitrogens with two attached hydrogens (primary N) is 1. The molecule has 1 aromatic carbocycles. The average molecular weight is 248 g/mol. The van der Waals surface area contributed by atoms with Crippen LogP contribution in [0, 0.1) is 13.8 Å². The molecule has 5 heteroatoms. The molecule has 0 atom stereocenters. The van der Waals surface area contributed by atoms with Gasteiger partial charge in [0.2, 0.25) is 0 Å². The van der Waals surface area contributed by atoms with E-state index in [4.69, 9.17) is 19.7 Å². The van der Waals surface area contributed by atoms with Gasteiger partial charge in [-0.05, 0) is 31.5 Å². The number of aryl methyl sites for hydroxylation is 2. The van der Waals surface area contributed by atoms with Gasteiger partial charge >= 0.3 is 0 Å². The molecule has 0 aliphatic rings. The van der Waals surface area contributed by atoms with Crippen LogP contribution in [0.4, 0.5) is 5.69 Å². The third-order valence-corrected chi connectivity index (χ3v) is 2.87. The third kappa shape index (κ3) is 1.88. The van der Waals surface area contributed by atoms with Crippen LogP contribution in [-0.4, -0.2) is 19.4 Å². The van der Waals surface area contributed by atoms with Crippen molar-refractivity contribution >= 4 is 5.69 Å². The number of hydrogen-bond acceptors (Lipinski definition) is 5. The smallest absolute Gasteiger partial charge is 0.193 e. The predicted molar refractivity (Wildman–Crippen MR) is 68.9 cm³/mol. The lowest BCUT2D eigenvalue weighted by Gasteiger charge is -2.11. The van der Waals surface area contributed by atoms with Gasteiger partial charge < -0.3 is 19.7 Å². The summed E-state index contributed by atoms with van der Waals surface area (Å²) in [6.07, 6.45) is 0. The first-order chi connectivity index (χ1) is 8.58. The van der Waals surface area contributed by atoms with Crippen molar-refractivity contribution < 1.29 is 14.0 Å². The quantitative estimate of drug-likeness (QED) is 0.903. The van der Waals surface area contributed by atoms with Crippen LogP contribution in [0.5, 0.6) is 11.5 Å². The minimum absolute atomic E-state index is 0.502. The number of nitrogen functional groups attached to an aromatic ring is 1. The number of ether oxygens (including phenoxy) is 2. The lowest BCUT2D eigenvalue weighted by atomic mass is 10.1. The standard InChI is InChI=1S/C13H16N2O3/c1-7-5-11(17-4)9(6-10(7)16-3)13-12(14)8(2)15-18-13/h5-6H,14H2,1-4H3. The van der Waals surface area contributed by atoms with Gasteiger partial charge in [-0.3, -0.25) is 0 Å². The molecule has 0 aliphatic carbocycles. The summed E-state index contributed by atoms with van der Waals surface area (Å²) < 4.78 is 15.9. The lowest BCUT2D eigenvalue weighted by Crippen LogP contribution is -1.95. The second-order valence-electron chi connectivity index (χ2n) is 4.03. The summed E-state index contributed by atoms with van der Waals surface area (Å²) >= 11 is 0. The normalized spacial score (nSPS) is 10.4. The summed E-state index contributed by atoms with van der Waals surface area (Å²) in [5, 5.41) is 3.85. The van der Waals surface area contributed by atoms with E-state index in [2.05, 4.69) is 5.16 Å². The molecule has 0 unspecified atom stereocenters. The zero-order valence-electron chi connectivity index (χ0n) is 10.9. The Hall–Kier alpha value is -2.17. The van der Waals surface area contributed by atoms with Crippen molar-refractivity contribution in [1.29, 1.82) is 0 Å². The fourth-order valence-electron chi connectivity index (χ4n) is 1.80. The Kier molecular flexibility index (Phi) is 3.14. The number of aromatic nitrogens is 1. The Morgan fingerprint density at radius 1 is 1.11 bits per heavy atom. The lowest BCUT2D eigenvalue weighted by molar-refractivity contribution is 0.395. The van der Waals surface area contributed by atoms with Crippen molar-refractivity contribution in [2.75, 3.05) is 20.0 Å². The van der Waals surface area contributed by atoms with Crippen LogP contribution in [0.25, 0.3) is 11.3 Å². The highest BCUT2D eigenvalue weighted by Gasteiger charge is 2.18. The van der Waals surface area contributed by atoms with Crippen molar-refractivity contribution in [2.45, 2.75) is 13.8 Å². The Morgan fingerprint density at radius 3 is 2.28 bits per heavy atom. The van der Waals surface area contributed by atoms with Crippen LogP contribution in [0.1, 0.15) is 11.3 Å². The van der Waals surface area contributed by atoms with Gasteiger partial charge in [-0.1, -0.05) is 5.16 Å². The Bertz CT molecular complexity index is 576. The maximum absolute atomic E-state index is 5.94. The van der Waals surface area contributed by atoms with Crippen molar-refractivity contribution in [2.24, 2.45) is 0 Å². The minimum Gasteiger partial charge on any atom is -0.496 e. The molecule has 2 aromatic rings. The van der Waals surface area contributed by atoms with Crippen molar-refractivity contribution in [1.82, 2.24) is 5.16 Å². The van der Waals surface area contributed by atoms with E-state index < -0.39 is 0 Å². The molecule has 0 aliphatic heterocycles. The van der Waals surface area contributed by atoms with Crippen LogP contribution in [0.2, 0.25) is 0 Å². The highest BCUT2D eigenvalue weighted by atomic mass is 16.5. The summed E-state index contributed by atoms with van der Waals surface area (Å²) in [4.78, 5) is 0. The molecule has 2 N–H and O–H groups in total. The van der Waals surface area contributed by atoms with Gasteiger partial charge in [0, 0.05) is 0 Å². The molecule has 0 radical (unpaired) electrons. The molecule has 1 heterocycles. The highest BCUT2D eigenvalue weighted by Crippen LogP contribution is 2.39. The number of rotatable bonds is 3. The SMILES string of the molecule is COc1cc(-c2onc(C)c2N)c(OC)cc1C. The van der Waals surface area contributed by atoms with Crippen LogP contribution < -0.4 is 15.2 Å². The Balaban J connectivity index is 2.65. The van der Waals surface area contributed by atoms with E-state index in [1.807, 2.05) is 19.1 Å². The molecule has 0 spiro atoms. The Labute approximate surface area is 105 Å². The number of benzene rings is 1. The van der Waals surface area contributed by atoms with Crippen molar-refractivity contribution in [3.63, 3.8) is 0 Å². The zero-order valence-corrected chi connectivity index (χ0v) is 10.9. The Morgan fingerprint density at radius 2 is 1.78 bits per heavy atom. The second kappa shape index (κ2) is 4.60. The summed E-state index contributed by atoms with van der Waals surface area (Å²) in [6.45, 7) is 3.74. The van der Waals surface area contributed by atoms with Crippen LogP contribution in [0.15, 0.2) is 16.7 Å². The predicted octanol–water partition coefficient (Wildman–Crippen LogP) is 2.56. The first kappa shape index (κ1) is 12.3. The molecule has 18 heavy (non-hydrogen) atoms. The number of nitrogens with zero attached hydrogens (tertiary/aromatic N) is 1. The summed E-state index contributed by atoms with van der Waals surface area (Å²) in [6, 6.07) is 3.72. The maximum Gasteiger partial charge on any atom is 0.193 e. The zero-order chi connectivity index (χ0) is 13.3. The van der Waals surface area contributed by atoms with E-state index in [1.165, 1.54) is 0 Å². The van der Waals surface area contributed by atoms with E-state index in [-0.39, 0.29) is 0 Å². The topological polar surface area (TPSA) is 70.5 Å². The first-order valence-corrected chi connectivity index (χ1v) is 5.53. The average Bonchev–Trinajstić information content (AvgIpc) is 2.70. The molecule has 0 saturated carbocycles. The fraction of sp³-hybridized carbons (Fsp3) is 0.308. The molecule has 1 aromatic heterocycles. The maximum atomic E-state index is 5.94. The summed E-state index contributed by atoms with van der Waals surface area (Å²) in [5.41, 5.74) is 8.82. The van der Waals surface area contributed by atoms with E-state index in [0.717, 1.165) is 16.9 Å². The monoisotopic (exact) mass is 248 g/mol. The third-order valence-electron chi connectivity index (χ3n) is 2.87. The van der Waals surface area contributed by atoms with Gasteiger partial charge in [-0.2, -0.15) is 0 Å². The molecule has 0 bridgehead atoms. The van der Waals surface area contributed by atoms with E-state index >= 15 is 0 Å². The van der Waals surface area contributed by atoms with Crippen LogP contribution in [0.3, 0.4) is 0 Å². The van der Waals surface area contributed by atoms with E-state index in [9.17, 15) is 0 Å². The van der Waals surface area contributed by atoms with Crippen LogP contribution in [-0.2, 0) is 0 Å². The number of anilines is 1. The van der Waals surface area contributed by atoms with E-state index in [1.54, 1.807) is 21.1 Å². The molecule has 0 saturated heterocycles. The summed E-state index contributed by atoms with van der Waals surface area (Å²) in [7, 11) is 3.22. The van der Waals surface area contributed by atoms with Gasteiger partial charge in [0.25, 0.3) is 0 Å². The molecule has 96 valence electrons. The highest BCUT2D eigenvalue weighted by molar-refractivity contribution is 5.78. The van der Waals surface area contributed by atoms with Crippen molar-refractivity contribution in [3.05, 3.63) is 23.4 Å². The number of hydrogen-bond donors (Lipinski definition) is 1. The van der Waals surface area contributed by atoms with Gasteiger partial charge in [-0.15, -0.1) is 0 Å². The van der Waals surface area contributed by atoms with Crippen LogP contribution >= 0.6 is 0 Å². The van der Waals surface area contributed by atoms with Crippen molar-refractivity contribution in [3.8, 4) is 22.8 Å². The molecular formula is C13H16N2O3. The minimum atomic E-state index is 0.502. The first-order valence-electron chi connectivity index (χ1n) is 5.53.